The maximum atomic E-state index is 9.18. The number of hydrogen-bond donors (Lipinski definition) is 1. The van der Waals surface area contributed by atoms with Crippen LogP contribution in [0.5, 0.6) is 0 Å². The van der Waals surface area contributed by atoms with Gasteiger partial charge in [0.2, 0.25) is 0 Å². The van der Waals surface area contributed by atoms with Gasteiger partial charge in [0, 0.05) is 0 Å². The van der Waals surface area contributed by atoms with Crippen LogP contribution in [-0.2, 0) is 4.74 Å². The summed E-state index contributed by atoms with van der Waals surface area (Å²) in [4.78, 5) is 0. The molecule has 0 aromatic heterocycles. The number of hydrogen-bond acceptors (Lipinski definition) is 2. The zero-order valence-electron chi connectivity index (χ0n) is 7.71. The molecule has 2 heteroatoms. The normalized spacial score (nSPS) is 58.8. The molecular formula is C10H16O2. The number of rotatable bonds is 1. The Morgan fingerprint density at radius 3 is 2.75 bits per heavy atom. The summed E-state index contributed by atoms with van der Waals surface area (Å²) in [6, 6.07) is 0. The predicted molar refractivity (Wildman–Crippen MR) is 44.7 cm³/mol. The van der Waals surface area contributed by atoms with Gasteiger partial charge in [-0.2, -0.15) is 0 Å². The second-order valence-electron chi connectivity index (χ2n) is 5.33. The van der Waals surface area contributed by atoms with Gasteiger partial charge in [-0.05, 0) is 30.1 Å². The van der Waals surface area contributed by atoms with E-state index in [9.17, 15) is 5.11 Å². The Kier molecular flexibility index (Phi) is 1.06. The van der Waals surface area contributed by atoms with Crippen molar-refractivity contribution >= 4 is 0 Å². The second-order valence-corrected chi connectivity index (χ2v) is 5.33. The Morgan fingerprint density at radius 2 is 2.25 bits per heavy atom. The average molecular weight is 168 g/mol. The van der Waals surface area contributed by atoms with Gasteiger partial charge >= 0.3 is 0 Å². The fourth-order valence-electron chi connectivity index (χ4n) is 3.36. The van der Waals surface area contributed by atoms with Crippen LogP contribution < -0.4 is 0 Å². The molecule has 1 N–H and O–H groups in total. The van der Waals surface area contributed by atoms with Crippen LogP contribution >= 0.6 is 0 Å². The van der Waals surface area contributed by atoms with Gasteiger partial charge in [0.1, 0.15) is 5.60 Å². The fraction of sp³-hybridized carbons (Fsp3) is 1.00. The van der Waals surface area contributed by atoms with Gasteiger partial charge < -0.3 is 9.84 Å². The number of epoxide rings is 1. The van der Waals surface area contributed by atoms with Gasteiger partial charge in [0.15, 0.2) is 0 Å². The molecule has 1 saturated heterocycles. The molecule has 4 aliphatic rings. The van der Waals surface area contributed by atoms with Crippen molar-refractivity contribution in [2.75, 3.05) is 6.61 Å². The first-order chi connectivity index (χ1) is 5.60. The van der Waals surface area contributed by atoms with E-state index in [-0.39, 0.29) is 12.2 Å². The lowest BCUT2D eigenvalue weighted by Crippen LogP contribution is -2.55. The van der Waals surface area contributed by atoms with Crippen LogP contribution in [0.1, 0.15) is 26.7 Å². The topological polar surface area (TPSA) is 32.8 Å². The quantitative estimate of drug-likeness (QED) is 0.596. The van der Waals surface area contributed by atoms with E-state index < -0.39 is 0 Å². The Hall–Kier alpha value is -0.0800. The van der Waals surface area contributed by atoms with Crippen LogP contribution in [0.15, 0.2) is 0 Å². The largest absolute Gasteiger partial charge is 0.393 e. The maximum Gasteiger partial charge on any atom is 0.118 e. The van der Waals surface area contributed by atoms with Gasteiger partial charge in [0.05, 0.1) is 12.7 Å². The third kappa shape index (κ3) is 0.579. The third-order valence-electron chi connectivity index (χ3n) is 4.59. The molecule has 2 bridgehead atoms. The van der Waals surface area contributed by atoms with Crippen LogP contribution in [0, 0.1) is 17.3 Å². The molecule has 4 atom stereocenters. The first-order valence-corrected chi connectivity index (χ1v) is 4.89. The van der Waals surface area contributed by atoms with Gasteiger partial charge in [0.25, 0.3) is 0 Å². The van der Waals surface area contributed by atoms with Crippen LogP contribution in [0.2, 0.25) is 0 Å². The van der Waals surface area contributed by atoms with E-state index in [1.54, 1.807) is 0 Å². The van der Waals surface area contributed by atoms with Crippen LogP contribution in [0.3, 0.4) is 0 Å². The summed E-state index contributed by atoms with van der Waals surface area (Å²) in [6.07, 6.45) is 2.82. The summed E-state index contributed by atoms with van der Waals surface area (Å²) in [5.41, 5.74) is 0.406. The van der Waals surface area contributed by atoms with E-state index in [1.165, 1.54) is 6.42 Å². The first-order valence-electron chi connectivity index (χ1n) is 4.89. The number of ether oxygens (including phenoxy) is 1. The molecule has 4 rings (SSSR count). The van der Waals surface area contributed by atoms with Crippen molar-refractivity contribution in [2.24, 2.45) is 17.3 Å². The van der Waals surface area contributed by atoms with Gasteiger partial charge in [-0.25, -0.2) is 0 Å². The Balaban J connectivity index is 1.88. The first kappa shape index (κ1) is 7.34. The van der Waals surface area contributed by atoms with Gasteiger partial charge in [-0.1, -0.05) is 13.8 Å². The number of aliphatic hydroxyl groups excluding tert-OH is 1. The van der Waals surface area contributed by atoms with E-state index in [4.69, 9.17) is 4.74 Å². The van der Waals surface area contributed by atoms with Crippen molar-refractivity contribution in [1.82, 2.24) is 0 Å². The molecule has 2 nitrogen and oxygen atoms in total. The van der Waals surface area contributed by atoms with Gasteiger partial charge in [-0.15, -0.1) is 0 Å². The van der Waals surface area contributed by atoms with Crippen LogP contribution in [0.25, 0.3) is 0 Å². The zero-order valence-corrected chi connectivity index (χ0v) is 7.71. The molecule has 0 unspecified atom stereocenters. The van der Waals surface area contributed by atoms with Crippen molar-refractivity contribution in [2.45, 2.75) is 38.4 Å². The Labute approximate surface area is 72.9 Å². The molecule has 1 heterocycles. The summed E-state index contributed by atoms with van der Waals surface area (Å²) in [5.74, 6) is 1.52. The molecule has 68 valence electrons. The van der Waals surface area contributed by atoms with E-state index in [0.717, 1.165) is 18.3 Å². The minimum atomic E-state index is -0.0803. The number of aliphatic hydroxyl groups is 1. The second kappa shape index (κ2) is 1.73. The van der Waals surface area contributed by atoms with Crippen molar-refractivity contribution in [1.29, 1.82) is 0 Å². The molecule has 3 aliphatic carbocycles. The molecule has 0 aromatic carbocycles. The highest BCUT2D eigenvalue weighted by Gasteiger charge is 2.73. The van der Waals surface area contributed by atoms with Crippen LogP contribution in [0.4, 0.5) is 0 Å². The Morgan fingerprint density at radius 1 is 1.50 bits per heavy atom. The SMILES string of the molecule is CC1(C)[C@@H]2C[C@H]1[C@H]1O[C@@]1(CO)C2. The molecule has 0 amide bonds. The van der Waals surface area contributed by atoms with E-state index in [1.807, 2.05) is 0 Å². The summed E-state index contributed by atoms with van der Waals surface area (Å²) < 4.78 is 5.65. The molecule has 12 heavy (non-hydrogen) atoms. The fourth-order valence-corrected chi connectivity index (χ4v) is 3.36. The van der Waals surface area contributed by atoms with Crippen molar-refractivity contribution < 1.29 is 9.84 Å². The highest BCUT2D eigenvalue weighted by Crippen LogP contribution is 2.69. The molecule has 4 fully saturated rings. The molecule has 1 aliphatic heterocycles. The highest BCUT2D eigenvalue weighted by molar-refractivity contribution is 5.20. The smallest absolute Gasteiger partial charge is 0.118 e. The lowest BCUT2D eigenvalue weighted by molar-refractivity contribution is -0.0671. The zero-order chi connectivity index (χ0) is 8.56. The van der Waals surface area contributed by atoms with Crippen molar-refractivity contribution in [3.05, 3.63) is 0 Å². The molecule has 3 saturated carbocycles. The van der Waals surface area contributed by atoms with Crippen molar-refractivity contribution in [3.63, 3.8) is 0 Å². The minimum Gasteiger partial charge on any atom is -0.393 e. The maximum absolute atomic E-state index is 9.18. The summed E-state index contributed by atoms with van der Waals surface area (Å²) in [5, 5.41) is 9.18. The molecular weight excluding hydrogens is 152 g/mol. The molecule has 0 aromatic rings. The van der Waals surface area contributed by atoms with E-state index >= 15 is 0 Å². The summed E-state index contributed by atoms with van der Waals surface area (Å²) in [6.45, 7) is 4.92. The average Bonchev–Trinajstić information content (AvgIpc) is 2.78. The van der Waals surface area contributed by atoms with E-state index in [2.05, 4.69) is 13.8 Å². The van der Waals surface area contributed by atoms with Crippen molar-refractivity contribution in [3.8, 4) is 0 Å². The van der Waals surface area contributed by atoms with Crippen LogP contribution in [-0.4, -0.2) is 23.4 Å². The summed E-state index contributed by atoms with van der Waals surface area (Å²) >= 11 is 0. The standard InChI is InChI=1S/C10H16O2/c1-9(2)6-3-7(9)8-10(4-6,5-11)12-8/h6-8,11H,3-5H2,1-2H3/t6-,7+,8-,10-/m1/s1. The van der Waals surface area contributed by atoms with Gasteiger partial charge in [-0.3, -0.25) is 0 Å². The monoisotopic (exact) mass is 168 g/mol. The Bertz CT molecular complexity index is 236. The molecule has 0 spiro atoms. The lowest BCUT2D eigenvalue weighted by Gasteiger charge is -2.56. The summed E-state index contributed by atoms with van der Waals surface area (Å²) in [7, 11) is 0. The molecule has 0 radical (unpaired) electrons. The lowest BCUT2D eigenvalue weighted by atomic mass is 9.47. The predicted octanol–water partition coefficient (Wildman–Crippen LogP) is 1.18. The van der Waals surface area contributed by atoms with E-state index in [0.29, 0.717) is 11.5 Å². The highest BCUT2D eigenvalue weighted by atomic mass is 16.6. The minimum absolute atomic E-state index is 0.0803. The third-order valence-corrected chi connectivity index (χ3v) is 4.59.